The lowest BCUT2D eigenvalue weighted by Crippen LogP contribution is -1.96. The van der Waals surface area contributed by atoms with Crippen LogP contribution in [0.2, 0.25) is 0 Å². The zero-order valence-electron chi connectivity index (χ0n) is 13.2. The third kappa shape index (κ3) is 3.07. The number of fused-ring (bicyclic) bond motifs is 1. The molecule has 1 N–H and O–H groups in total. The van der Waals surface area contributed by atoms with Crippen LogP contribution in [0.3, 0.4) is 0 Å². The minimum Gasteiger partial charge on any atom is -0.508 e. The molecule has 0 bridgehead atoms. The normalized spacial score (nSPS) is 11.4. The van der Waals surface area contributed by atoms with Crippen molar-refractivity contribution in [3.8, 4) is 11.4 Å². The van der Waals surface area contributed by atoms with Gasteiger partial charge in [0.15, 0.2) is 11.5 Å². The highest BCUT2D eigenvalue weighted by atomic mass is 16.3. The highest BCUT2D eigenvalue weighted by molar-refractivity contribution is 5.85. The quantitative estimate of drug-likeness (QED) is 0.576. The van der Waals surface area contributed by atoms with Crippen molar-refractivity contribution in [2.75, 3.05) is 0 Å². The molecule has 0 aliphatic rings. The van der Waals surface area contributed by atoms with Crippen LogP contribution in [0, 0.1) is 0 Å². The predicted octanol–water partition coefficient (Wildman–Crippen LogP) is 3.81. The molecule has 0 atom stereocenters. The summed E-state index contributed by atoms with van der Waals surface area (Å²) in [5.41, 5.74) is 2.46. The Balaban J connectivity index is 1.65. The fraction of sp³-hybridized carbons (Fsp3) is 0.0556. The molecule has 0 unspecified atom stereocenters. The molecule has 4 rings (SSSR count). The van der Waals surface area contributed by atoms with Crippen LogP contribution in [-0.2, 0) is 6.54 Å². The van der Waals surface area contributed by atoms with Crippen LogP contribution in [0.4, 0.5) is 5.82 Å². The van der Waals surface area contributed by atoms with E-state index in [-0.39, 0.29) is 5.75 Å². The molecule has 2 aromatic heterocycles. The minimum absolute atomic E-state index is 0.210. The smallest absolute Gasteiger partial charge is 0.188 e. The van der Waals surface area contributed by atoms with E-state index in [4.69, 9.17) is 0 Å². The van der Waals surface area contributed by atoms with Gasteiger partial charge >= 0.3 is 0 Å². The van der Waals surface area contributed by atoms with E-state index in [1.807, 2.05) is 36.4 Å². The van der Waals surface area contributed by atoms with E-state index in [2.05, 4.69) is 25.3 Å². The molecular formula is C18H14N6O. The van der Waals surface area contributed by atoms with Crippen molar-refractivity contribution in [1.82, 2.24) is 19.7 Å². The molecule has 0 aliphatic heterocycles. The first-order valence-corrected chi connectivity index (χ1v) is 7.71. The third-order valence-electron chi connectivity index (χ3n) is 3.67. The summed E-state index contributed by atoms with van der Waals surface area (Å²) >= 11 is 0. The molecule has 2 heterocycles. The number of rotatable bonds is 4. The van der Waals surface area contributed by atoms with Gasteiger partial charge in [-0.1, -0.05) is 30.3 Å². The lowest BCUT2D eigenvalue weighted by Gasteiger charge is -2.02. The van der Waals surface area contributed by atoms with Crippen molar-refractivity contribution in [3.63, 3.8) is 0 Å². The summed E-state index contributed by atoms with van der Waals surface area (Å²) in [6.45, 7) is 0.354. The number of hydrogen-bond donors (Lipinski definition) is 1. The Hall–Kier alpha value is -3.61. The maximum Gasteiger partial charge on any atom is 0.188 e. The van der Waals surface area contributed by atoms with Crippen LogP contribution >= 0.6 is 0 Å². The topological polar surface area (TPSA) is 88.6 Å². The number of hydrogen-bond acceptors (Lipinski definition) is 6. The Morgan fingerprint density at radius 3 is 2.72 bits per heavy atom. The van der Waals surface area contributed by atoms with Crippen molar-refractivity contribution in [3.05, 3.63) is 72.7 Å². The van der Waals surface area contributed by atoms with Crippen molar-refractivity contribution in [1.29, 1.82) is 0 Å². The van der Waals surface area contributed by atoms with Gasteiger partial charge < -0.3 is 5.11 Å². The molecule has 7 nitrogen and oxygen atoms in total. The third-order valence-corrected chi connectivity index (χ3v) is 3.67. The maximum atomic E-state index is 9.48. The van der Waals surface area contributed by atoms with E-state index in [1.165, 1.54) is 6.33 Å². The second-order valence-electron chi connectivity index (χ2n) is 5.40. The van der Waals surface area contributed by atoms with E-state index in [0.717, 1.165) is 16.6 Å². The summed E-state index contributed by atoms with van der Waals surface area (Å²) in [6, 6.07) is 16.7. The van der Waals surface area contributed by atoms with E-state index in [1.54, 1.807) is 29.1 Å². The number of para-hydroxylation sites is 1. The zero-order chi connectivity index (χ0) is 17.1. The Morgan fingerprint density at radius 2 is 1.88 bits per heavy atom. The highest BCUT2D eigenvalue weighted by Crippen LogP contribution is 2.24. The monoisotopic (exact) mass is 330 g/mol. The van der Waals surface area contributed by atoms with Crippen LogP contribution in [0.15, 0.2) is 77.3 Å². The molecule has 0 aliphatic carbocycles. The first kappa shape index (κ1) is 14.9. The zero-order valence-corrected chi connectivity index (χ0v) is 13.2. The molecular weight excluding hydrogens is 316 g/mol. The lowest BCUT2D eigenvalue weighted by molar-refractivity contribution is 0.474. The van der Waals surface area contributed by atoms with Crippen molar-refractivity contribution >= 4 is 16.9 Å². The molecule has 0 saturated carbocycles. The molecule has 0 spiro atoms. The number of phenolic OH excluding ortho intramolecular Hbond substituents is 1. The maximum absolute atomic E-state index is 9.48. The summed E-state index contributed by atoms with van der Waals surface area (Å²) < 4.78 is 1.74. The predicted molar refractivity (Wildman–Crippen MR) is 93.0 cm³/mol. The van der Waals surface area contributed by atoms with Gasteiger partial charge in [-0.3, -0.25) is 0 Å². The molecule has 0 fully saturated rings. The molecule has 122 valence electrons. The standard InChI is InChI=1S/C18H14N6O/c25-15-8-4-5-13(9-15)10-21-23-17-16-11-22-24(18(16)20-12-19-17)14-6-2-1-3-7-14/h1-9,11-12,25H,10H2. The van der Waals surface area contributed by atoms with Gasteiger partial charge in [0.25, 0.3) is 0 Å². The average Bonchev–Trinajstić information content (AvgIpc) is 3.08. The largest absolute Gasteiger partial charge is 0.508 e. The molecule has 0 saturated heterocycles. The molecule has 2 aromatic carbocycles. The Morgan fingerprint density at radius 1 is 1.00 bits per heavy atom. The van der Waals surface area contributed by atoms with Crippen LogP contribution in [0.25, 0.3) is 16.7 Å². The van der Waals surface area contributed by atoms with Gasteiger partial charge in [0.2, 0.25) is 0 Å². The van der Waals surface area contributed by atoms with Gasteiger partial charge in [-0.05, 0) is 29.8 Å². The summed E-state index contributed by atoms with van der Waals surface area (Å²) in [6.07, 6.45) is 3.14. The number of aromatic nitrogens is 4. The van der Waals surface area contributed by atoms with Crippen molar-refractivity contribution < 1.29 is 5.11 Å². The Labute approximate surface area is 143 Å². The van der Waals surface area contributed by atoms with Gasteiger partial charge in [-0.25, -0.2) is 14.6 Å². The van der Waals surface area contributed by atoms with Crippen molar-refractivity contribution in [2.24, 2.45) is 10.2 Å². The van der Waals surface area contributed by atoms with Gasteiger partial charge in [-0.15, -0.1) is 5.11 Å². The number of benzene rings is 2. The molecule has 0 amide bonds. The molecule has 0 radical (unpaired) electrons. The highest BCUT2D eigenvalue weighted by Gasteiger charge is 2.10. The van der Waals surface area contributed by atoms with Gasteiger partial charge in [-0.2, -0.15) is 10.2 Å². The lowest BCUT2D eigenvalue weighted by atomic mass is 10.2. The Kier molecular flexibility index (Phi) is 3.88. The fourth-order valence-electron chi connectivity index (χ4n) is 2.51. The first-order chi connectivity index (χ1) is 12.3. The number of azo groups is 1. The molecule has 7 heteroatoms. The van der Waals surface area contributed by atoms with Crippen LogP contribution in [-0.4, -0.2) is 24.9 Å². The van der Waals surface area contributed by atoms with Gasteiger partial charge in [0, 0.05) is 0 Å². The van der Waals surface area contributed by atoms with E-state index in [0.29, 0.717) is 18.0 Å². The van der Waals surface area contributed by atoms with E-state index in [9.17, 15) is 5.11 Å². The number of aromatic hydroxyl groups is 1. The van der Waals surface area contributed by atoms with E-state index < -0.39 is 0 Å². The second kappa shape index (κ2) is 6.48. The van der Waals surface area contributed by atoms with Crippen molar-refractivity contribution in [2.45, 2.75) is 6.54 Å². The van der Waals surface area contributed by atoms with E-state index >= 15 is 0 Å². The summed E-state index contributed by atoms with van der Waals surface area (Å²) in [5, 5.41) is 23.0. The summed E-state index contributed by atoms with van der Waals surface area (Å²) in [7, 11) is 0. The van der Waals surface area contributed by atoms with Gasteiger partial charge in [0.1, 0.15) is 12.1 Å². The second-order valence-corrected chi connectivity index (χ2v) is 5.40. The molecule has 25 heavy (non-hydrogen) atoms. The average molecular weight is 330 g/mol. The summed E-state index contributed by atoms with van der Waals surface area (Å²) in [4.78, 5) is 8.50. The number of phenols is 1. The fourth-order valence-corrected chi connectivity index (χ4v) is 2.51. The molecule has 4 aromatic rings. The van der Waals surface area contributed by atoms with Gasteiger partial charge in [0.05, 0.1) is 23.8 Å². The first-order valence-electron chi connectivity index (χ1n) is 7.71. The summed E-state index contributed by atoms with van der Waals surface area (Å²) in [5.74, 6) is 0.675. The van der Waals surface area contributed by atoms with Crippen LogP contribution in [0.1, 0.15) is 5.56 Å². The van der Waals surface area contributed by atoms with Crippen LogP contribution < -0.4 is 0 Å². The minimum atomic E-state index is 0.210. The Bertz CT molecular complexity index is 1040. The number of nitrogens with zero attached hydrogens (tertiary/aromatic N) is 6. The SMILES string of the molecule is Oc1cccc(CN=Nc2ncnc3c2cnn3-c2ccccc2)c1. The van der Waals surface area contributed by atoms with Crippen LogP contribution in [0.5, 0.6) is 5.75 Å².